The van der Waals surface area contributed by atoms with Gasteiger partial charge >= 0.3 is 0 Å². The molecular weight excluding hydrogens is 194 g/mol. The van der Waals surface area contributed by atoms with Crippen molar-refractivity contribution < 1.29 is 14.2 Å². The monoisotopic (exact) mass is 217 g/mol. The lowest BCUT2D eigenvalue weighted by Gasteiger charge is -2.27. The zero-order chi connectivity index (χ0) is 11.0. The molecule has 0 saturated heterocycles. The molecule has 0 aromatic heterocycles. The van der Waals surface area contributed by atoms with E-state index in [0.717, 1.165) is 12.8 Å². The lowest BCUT2D eigenvalue weighted by Crippen LogP contribution is -2.38. The molecule has 4 heteroatoms. The Kier molecular flexibility index (Phi) is 6.17. The highest BCUT2D eigenvalue weighted by Crippen LogP contribution is 2.31. The van der Waals surface area contributed by atoms with E-state index in [2.05, 4.69) is 0 Å². The Balaban J connectivity index is 2.02. The predicted octanol–water partition coefficient (Wildman–Crippen LogP) is 0.937. The number of methoxy groups -OCH3 is 1. The first-order valence-electron chi connectivity index (χ1n) is 5.74. The molecule has 1 saturated carbocycles. The second kappa shape index (κ2) is 7.17. The zero-order valence-corrected chi connectivity index (χ0v) is 9.67. The molecular formula is C11H23NO3. The molecule has 0 aliphatic heterocycles. The van der Waals surface area contributed by atoms with Crippen molar-refractivity contribution in [1.29, 1.82) is 0 Å². The van der Waals surface area contributed by atoms with Gasteiger partial charge in [0, 0.05) is 13.7 Å². The van der Waals surface area contributed by atoms with Crippen LogP contribution in [0.25, 0.3) is 0 Å². The summed E-state index contributed by atoms with van der Waals surface area (Å²) in [5.41, 5.74) is 5.69. The van der Waals surface area contributed by atoms with E-state index in [1.165, 1.54) is 12.8 Å². The van der Waals surface area contributed by atoms with Crippen molar-refractivity contribution in [3.63, 3.8) is 0 Å². The number of hydrogen-bond donors (Lipinski definition) is 1. The number of nitrogens with two attached hydrogens (primary N) is 1. The first-order chi connectivity index (χ1) is 7.33. The van der Waals surface area contributed by atoms with Crippen LogP contribution in [0, 0.1) is 0 Å². The molecule has 90 valence electrons. The van der Waals surface area contributed by atoms with E-state index in [1.54, 1.807) is 7.11 Å². The molecule has 0 radical (unpaired) electrons. The maximum Gasteiger partial charge on any atom is 0.0805 e. The molecule has 1 fully saturated rings. The van der Waals surface area contributed by atoms with Gasteiger partial charge in [-0.3, -0.25) is 0 Å². The molecule has 4 nitrogen and oxygen atoms in total. The summed E-state index contributed by atoms with van der Waals surface area (Å²) in [6.45, 7) is 3.18. The van der Waals surface area contributed by atoms with E-state index in [9.17, 15) is 0 Å². The van der Waals surface area contributed by atoms with Crippen molar-refractivity contribution >= 4 is 0 Å². The Labute approximate surface area is 92.1 Å². The van der Waals surface area contributed by atoms with Crippen LogP contribution < -0.4 is 5.73 Å². The molecule has 0 unspecified atom stereocenters. The molecule has 0 aromatic rings. The van der Waals surface area contributed by atoms with E-state index in [-0.39, 0.29) is 5.60 Å². The van der Waals surface area contributed by atoms with Crippen LogP contribution in [-0.4, -0.2) is 45.7 Å². The van der Waals surface area contributed by atoms with Gasteiger partial charge in [0.05, 0.1) is 32.0 Å². The lowest BCUT2D eigenvalue weighted by molar-refractivity contribution is -0.0616. The van der Waals surface area contributed by atoms with Crippen LogP contribution in [0.2, 0.25) is 0 Å². The smallest absolute Gasteiger partial charge is 0.0805 e. The Morgan fingerprint density at radius 1 is 1.07 bits per heavy atom. The summed E-state index contributed by atoms with van der Waals surface area (Å²) in [4.78, 5) is 0. The summed E-state index contributed by atoms with van der Waals surface area (Å²) in [7, 11) is 1.67. The zero-order valence-electron chi connectivity index (χ0n) is 9.67. The second-order valence-corrected chi connectivity index (χ2v) is 4.05. The number of rotatable bonds is 8. The minimum Gasteiger partial charge on any atom is -0.382 e. The number of ether oxygens (including phenoxy) is 3. The third-order valence-electron chi connectivity index (χ3n) is 2.95. The minimum atomic E-state index is -0.0510. The van der Waals surface area contributed by atoms with Crippen LogP contribution in [0.15, 0.2) is 0 Å². The van der Waals surface area contributed by atoms with Gasteiger partial charge in [0.25, 0.3) is 0 Å². The minimum absolute atomic E-state index is 0.0510. The third kappa shape index (κ3) is 4.47. The van der Waals surface area contributed by atoms with Gasteiger partial charge in [-0.1, -0.05) is 12.8 Å². The van der Waals surface area contributed by atoms with Gasteiger partial charge in [0.1, 0.15) is 0 Å². The molecule has 0 bridgehead atoms. The van der Waals surface area contributed by atoms with E-state index in [1.807, 2.05) is 0 Å². The van der Waals surface area contributed by atoms with Gasteiger partial charge in [0.15, 0.2) is 0 Å². The van der Waals surface area contributed by atoms with Gasteiger partial charge in [-0.05, 0) is 12.8 Å². The summed E-state index contributed by atoms with van der Waals surface area (Å²) in [6, 6.07) is 0. The van der Waals surface area contributed by atoms with Crippen molar-refractivity contribution in [2.45, 2.75) is 31.3 Å². The lowest BCUT2D eigenvalue weighted by atomic mass is 10.0. The van der Waals surface area contributed by atoms with Crippen molar-refractivity contribution in [2.24, 2.45) is 5.73 Å². The summed E-state index contributed by atoms with van der Waals surface area (Å²) in [5.74, 6) is 0. The van der Waals surface area contributed by atoms with E-state index in [4.69, 9.17) is 19.9 Å². The highest BCUT2D eigenvalue weighted by atomic mass is 16.5. The van der Waals surface area contributed by atoms with E-state index in [0.29, 0.717) is 33.0 Å². The SMILES string of the molecule is COCCOCCOC1(CN)CCCC1. The molecule has 0 heterocycles. The summed E-state index contributed by atoms with van der Waals surface area (Å²) < 4.78 is 16.0. The molecule has 0 spiro atoms. The van der Waals surface area contributed by atoms with E-state index >= 15 is 0 Å². The third-order valence-corrected chi connectivity index (χ3v) is 2.95. The Bertz CT molecular complexity index is 158. The Morgan fingerprint density at radius 2 is 1.73 bits per heavy atom. The van der Waals surface area contributed by atoms with Gasteiger partial charge < -0.3 is 19.9 Å². The Hall–Kier alpha value is -0.160. The van der Waals surface area contributed by atoms with Crippen LogP contribution in [-0.2, 0) is 14.2 Å². The molecule has 0 amide bonds. The highest BCUT2D eigenvalue weighted by Gasteiger charge is 2.32. The second-order valence-electron chi connectivity index (χ2n) is 4.05. The average molecular weight is 217 g/mol. The van der Waals surface area contributed by atoms with Crippen molar-refractivity contribution in [1.82, 2.24) is 0 Å². The quantitative estimate of drug-likeness (QED) is 0.615. The van der Waals surface area contributed by atoms with Crippen LogP contribution in [0.5, 0.6) is 0 Å². The van der Waals surface area contributed by atoms with Crippen LogP contribution in [0.4, 0.5) is 0 Å². The summed E-state index contributed by atoms with van der Waals surface area (Å²) >= 11 is 0. The summed E-state index contributed by atoms with van der Waals surface area (Å²) in [5, 5.41) is 0. The van der Waals surface area contributed by atoms with Crippen LogP contribution in [0.3, 0.4) is 0 Å². The standard InChI is InChI=1S/C11H23NO3/c1-13-6-7-14-8-9-15-11(10-12)4-2-3-5-11/h2-10,12H2,1H3. The first-order valence-corrected chi connectivity index (χ1v) is 5.74. The Morgan fingerprint density at radius 3 is 2.33 bits per heavy atom. The topological polar surface area (TPSA) is 53.7 Å². The molecule has 0 atom stereocenters. The van der Waals surface area contributed by atoms with Gasteiger partial charge in [-0.25, -0.2) is 0 Å². The first kappa shape index (κ1) is 12.9. The van der Waals surface area contributed by atoms with Crippen LogP contribution in [0.1, 0.15) is 25.7 Å². The average Bonchev–Trinajstić information content (AvgIpc) is 2.73. The molecule has 2 N–H and O–H groups in total. The van der Waals surface area contributed by atoms with Gasteiger partial charge in [-0.15, -0.1) is 0 Å². The van der Waals surface area contributed by atoms with Gasteiger partial charge in [-0.2, -0.15) is 0 Å². The fourth-order valence-electron chi connectivity index (χ4n) is 1.99. The maximum absolute atomic E-state index is 5.83. The van der Waals surface area contributed by atoms with Crippen molar-refractivity contribution in [3.8, 4) is 0 Å². The van der Waals surface area contributed by atoms with Crippen molar-refractivity contribution in [2.75, 3.05) is 40.1 Å². The highest BCUT2D eigenvalue weighted by molar-refractivity contribution is 4.87. The van der Waals surface area contributed by atoms with E-state index < -0.39 is 0 Å². The fraction of sp³-hybridized carbons (Fsp3) is 1.00. The van der Waals surface area contributed by atoms with Gasteiger partial charge in [0.2, 0.25) is 0 Å². The van der Waals surface area contributed by atoms with Crippen molar-refractivity contribution in [3.05, 3.63) is 0 Å². The number of hydrogen-bond acceptors (Lipinski definition) is 4. The largest absolute Gasteiger partial charge is 0.382 e. The molecule has 1 aliphatic carbocycles. The van der Waals surface area contributed by atoms with Crippen LogP contribution >= 0.6 is 0 Å². The molecule has 1 rings (SSSR count). The predicted molar refractivity (Wildman–Crippen MR) is 58.9 cm³/mol. The molecule has 0 aromatic carbocycles. The molecule has 1 aliphatic rings. The normalized spacial score (nSPS) is 19.6. The molecule has 15 heavy (non-hydrogen) atoms. The fourth-order valence-corrected chi connectivity index (χ4v) is 1.99. The summed E-state index contributed by atoms with van der Waals surface area (Å²) in [6.07, 6.45) is 4.67. The maximum atomic E-state index is 5.83.